The van der Waals surface area contributed by atoms with Crippen LogP contribution in [0.15, 0.2) is 76.2 Å². The first-order valence-corrected chi connectivity index (χ1v) is 8.62. The number of fused-ring (bicyclic) bond motifs is 1. The molecule has 1 N–H and O–H groups in total. The fraction of sp³-hybridized carbons (Fsp3) is 0.0952. The lowest BCUT2D eigenvalue weighted by Crippen LogP contribution is -2.15. The van der Waals surface area contributed by atoms with Gasteiger partial charge in [-0.2, -0.15) is 5.10 Å². The molecule has 0 aliphatic heterocycles. The van der Waals surface area contributed by atoms with Crippen molar-refractivity contribution in [3.05, 3.63) is 88.5 Å². The van der Waals surface area contributed by atoms with E-state index in [1.54, 1.807) is 35.3 Å². The predicted octanol–water partition coefficient (Wildman–Crippen LogP) is 3.30. The van der Waals surface area contributed by atoms with E-state index >= 15 is 0 Å². The van der Waals surface area contributed by atoms with Gasteiger partial charge >= 0.3 is 5.63 Å². The third-order valence-corrected chi connectivity index (χ3v) is 4.27. The summed E-state index contributed by atoms with van der Waals surface area (Å²) in [5.74, 6) is 0.123. The number of hydrogen-bond donors (Lipinski definition) is 1. The lowest BCUT2D eigenvalue weighted by Gasteiger charge is -2.07. The largest absolute Gasteiger partial charge is 0.497 e. The van der Waals surface area contributed by atoms with Crippen molar-refractivity contribution in [2.75, 3.05) is 12.4 Å². The van der Waals surface area contributed by atoms with E-state index in [2.05, 4.69) is 10.4 Å². The Kier molecular flexibility index (Phi) is 4.63. The summed E-state index contributed by atoms with van der Waals surface area (Å²) < 4.78 is 12.0. The number of methoxy groups -OCH3 is 1. The number of ether oxygens (including phenoxy) is 1. The standard InChI is InChI=1S/C21H17N3O4/c1-27-16-7-8-17-18(10-20(25)28-19(17)9-16)21(26)23-15-11-22-24(13-15)12-14-5-3-2-4-6-14/h2-11,13H,12H2,1H3,(H,23,26). The first kappa shape index (κ1) is 17.5. The molecule has 4 rings (SSSR count). The van der Waals surface area contributed by atoms with Crippen molar-refractivity contribution < 1.29 is 13.9 Å². The van der Waals surface area contributed by atoms with E-state index in [0.717, 1.165) is 5.56 Å². The second-order valence-corrected chi connectivity index (χ2v) is 6.21. The van der Waals surface area contributed by atoms with E-state index in [9.17, 15) is 9.59 Å². The van der Waals surface area contributed by atoms with Gasteiger partial charge in [-0.1, -0.05) is 30.3 Å². The van der Waals surface area contributed by atoms with Crippen molar-refractivity contribution in [2.45, 2.75) is 6.54 Å². The average molecular weight is 375 g/mol. The predicted molar refractivity (Wildman–Crippen MR) is 105 cm³/mol. The minimum Gasteiger partial charge on any atom is -0.497 e. The molecule has 0 aliphatic rings. The van der Waals surface area contributed by atoms with Crippen LogP contribution in [0.4, 0.5) is 5.69 Å². The third kappa shape index (κ3) is 3.64. The minimum atomic E-state index is -0.606. The summed E-state index contributed by atoms with van der Waals surface area (Å²) in [6.45, 7) is 0.592. The van der Waals surface area contributed by atoms with E-state index in [1.807, 2.05) is 30.3 Å². The van der Waals surface area contributed by atoms with Crippen LogP contribution in [0.25, 0.3) is 11.0 Å². The minimum absolute atomic E-state index is 0.227. The molecule has 28 heavy (non-hydrogen) atoms. The molecular weight excluding hydrogens is 358 g/mol. The second-order valence-electron chi connectivity index (χ2n) is 6.21. The number of carbonyl (C=O) groups is 1. The molecule has 0 atom stereocenters. The Bertz CT molecular complexity index is 1200. The van der Waals surface area contributed by atoms with Crippen LogP contribution in [0.3, 0.4) is 0 Å². The number of nitrogens with one attached hydrogen (secondary N) is 1. The van der Waals surface area contributed by atoms with Crippen LogP contribution in [0, 0.1) is 0 Å². The highest BCUT2D eigenvalue weighted by atomic mass is 16.5. The monoisotopic (exact) mass is 375 g/mol. The van der Waals surface area contributed by atoms with Crippen molar-refractivity contribution in [3.63, 3.8) is 0 Å². The number of benzene rings is 2. The molecule has 0 unspecified atom stereocenters. The zero-order valence-electron chi connectivity index (χ0n) is 15.1. The molecular formula is C21H17N3O4. The normalized spacial score (nSPS) is 10.8. The second kappa shape index (κ2) is 7.40. The lowest BCUT2D eigenvalue weighted by atomic mass is 10.1. The van der Waals surface area contributed by atoms with Crippen LogP contribution in [0.2, 0.25) is 0 Å². The number of amides is 1. The number of rotatable bonds is 5. The van der Waals surface area contributed by atoms with Crippen molar-refractivity contribution in [1.29, 1.82) is 0 Å². The van der Waals surface area contributed by atoms with Gasteiger partial charge < -0.3 is 14.5 Å². The Morgan fingerprint density at radius 3 is 2.79 bits per heavy atom. The Hall–Kier alpha value is -3.87. The summed E-state index contributed by atoms with van der Waals surface area (Å²) in [6.07, 6.45) is 3.30. The topological polar surface area (TPSA) is 86.4 Å². The number of anilines is 1. The highest BCUT2D eigenvalue weighted by Crippen LogP contribution is 2.23. The molecule has 0 saturated carbocycles. The van der Waals surface area contributed by atoms with Crippen LogP contribution in [0.1, 0.15) is 15.9 Å². The maximum atomic E-state index is 12.7. The average Bonchev–Trinajstić information content (AvgIpc) is 3.14. The smallest absolute Gasteiger partial charge is 0.337 e. The van der Waals surface area contributed by atoms with E-state index in [-0.39, 0.29) is 11.1 Å². The lowest BCUT2D eigenvalue weighted by molar-refractivity contribution is 0.102. The number of aromatic nitrogens is 2. The van der Waals surface area contributed by atoms with Crippen LogP contribution < -0.4 is 15.7 Å². The SMILES string of the molecule is COc1ccc2c(C(=O)Nc3cnn(Cc4ccccc4)c3)cc(=O)oc2c1. The van der Waals surface area contributed by atoms with E-state index in [0.29, 0.717) is 23.4 Å². The molecule has 0 bridgehead atoms. The molecule has 0 saturated heterocycles. The van der Waals surface area contributed by atoms with Gasteiger partial charge in [-0.05, 0) is 17.7 Å². The quantitative estimate of drug-likeness (QED) is 0.541. The molecule has 140 valence electrons. The molecule has 7 heteroatoms. The summed E-state index contributed by atoms with van der Waals surface area (Å²) in [5.41, 5.74) is 1.55. The van der Waals surface area contributed by atoms with Gasteiger partial charge in [0.05, 0.1) is 31.1 Å². The molecule has 0 fully saturated rings. The van der Waals surface area contributed by atoms with Gasteiger partial charge in [0, 0.05) is 23.7 Å². The summed E-state index contributed by atoms with van der Waals surface area (Å²) >= 11 is 0. The van der Waals surface area contributed by atoms with Crippen molar-refractivity contribution in [3.8, 4) is 5.75 Å². The van der Waals surface area contributed by atoms with Gasteiger partial charge in [0.25, 0.3) is 5.91 Å². The Morgan fingerprint density at radius 1 is 1.18 bits per heavy atom. The van der Waals surface area contributed by atoms with E-state index in [4.69, 9.17) is 9.15 Å². The van der Waals surface area contributed by atoms with Crippen LogP contribution in [-0.4, -0.2) is 22.8 Å². The highest BCUT2D eigenvalue weighted by molar-refractivity contribution is 6.11. The van der Waals surface area contributed by atoms with Gasteiger partial charge in [0.15, 0.2) is 0 Å². The summed E-state index contributed by atoms with van der Waals surface area (Å²) in [4.78, 5) is 24.6. The third-order valence-electron chi connectivity index (χ3n) is 4.27. The maximum Gasteiger partial charge on any atom is 0.337 e. The molecule has 2 aromatic heterocycles. The van der Waals surface area contributed by atoms with Crippen LogP contribution in [-0.2, 0) is 6.54 Å². The zero-order valence-corrected chi connectivity index (χ0v) is 15.1. The van der Waals surface area contributed by atoms with Crippen molar-refractivity contribution in [2.24, 2.45) is 0 Å². The Morgan fingerprint density at radius 2 is 2.00 bits per heavy atom. The van der Waals surface area contributed by atoms with Crippen molar-refractivity contribution >= 4 is 22.6 Å². The highest BCUT2D eigenvalue weighted by Gasteiger charge is 2.15. The van der Waals surface area contributed by atoms with Gasteiger partial charge in [0.2, 0.25) is 0 Å². The Balaban J connectivity index is 1.58. The molecule has 7 nitrogen and oxygen atoms in total. The fourth-order valence-corrected chi connectivity index (χ4v) is 2.94. The van der Waals surface area contributed by atoms with E-state index in [1.165, 1.54) is 13.2 Å². The van der Waals surface area contributed by atoms with Gasteiger partial charge in [-0.3, -0.25) is 9.48 Å². The summed E-state index contributed by atoms with van der Waals surface area (Å²) in [5, 5.41) is 7.57. The van der Waals surface area contributed by atoms with Crippen LogP contribution >= 0.6 is 0 Å². The fourth-order valence-electron chi connectivity index (χ4n) is 2.94. The first-order valence-electron chi connectivity index (χ1n) is 8.62. The number of hydrogen-bond acceptors (Lipinski definition) is 5. The van der Waals surface area contributed by atoms with E-state index < -0.39 is 11.5 Å². The molecule has 2 aromatic carbocycles. The molecule has 0 radical (unpaired) electrons. The number of carbonyl (C=O) groups excluding carboxylic acids is 1. The summed E-state index contributed by atoms with van der Waals surface area (Å²) in [6, 6.07) is 16.0. The molecule has 4 aromatic rings. The molecule has 2 heterocycles. The Labute approximate surface area is 160 Å². The molecule has 1 amide bonds. The van der Waals surface area contributed by atoms with Gasteiger partial charge in [0.1, 0.15) is 11.3 Å². The molecule has 0 spiro atoms. The zero-order chi connectivity index (χ0) is 19.5. The first-order chi connectivity index (χ1) is 13.6. The molecule has 0 aliphatic carbocycles. The van der Waals surface area contributed by atoms with Crippen molar-refractivity contribution in [1.82, 2.24) is 9.78 Å². The van der Waals surface area contributed by atoms with Crippen LogP contribution in [0.5, 0.6) is 5.75 Å². The number of nitrogens with zero attached hydrogens (tertiary/aromatic N) is 2. The van der Waals surface area contributed by atoms with Gasteiger partial charge in [-0.25, -0.2) is 4.79 Å². The van der Waals surface area contributed by atoms with Gasteiger partial charge in [-0.15, -0.1) is 0 Å². The summed E-state index contributed by atoms with van der Waals surface area (Å²) in [7, 11) is 1.52. The maximum absolute atomic E-state index is 12.7.